The van der Waals surface area contributed by atoms with Crippen molar-refractivity contribution in [3.05, 3.63) is 42.3 Å². The van der Waals surface area contributed by atoms with E-state index in [4.69, 9.17) is 10.5 Å². The standard InChI is InChI=1S/C20H22FN5O5S/c21-17-9-14(26-12-15(31-20(26)28)11-24-19(22)27)2-3-16(17)13-1-4-18(23-10-13)25-5-7-32(29,30)8-6-25/h1-4,9-10,15H,5-8,11-12H2,(H3,22,24,27). The van der Waals surface area contributed by atoms with Crippen LogP contribution in [-0.2, 0) is 14.6 Å². The van der Waals surface area contributed by atoms with Crippen molar-refractivity contribution >= 4 is 33.5 Å². The molecule has 0 radical (unpaired) electrons. The average Bonchev–Trinajstić information content (AvgIpc) is 3.13. The lowest BCUT2D eigenvalue weighted by molar-refractivity contribution is 0.141. The van der Waals surface area contributed by atoms with Crippen LogP contribution < -0.4 is 20.9 Å². The number of aromatic nitrogens is 1. The second-order valence-corrected chi connectivity index (χ2v) is 9.87. The van der Waals surface area contributed by atoms with Crippen molar-refractivity contribution in [3.8, 4) is 11.1 Å². The van der Waals surface area contributed by atoms with Gasteiger partial charge in [0.15, 0.2) is 9.84 Å². The molecule has 0 bridgehead atoms. The molecule has 1 atom stereocenters. The predicted molar refractivity (Wildman–Crippen MR) is 116 cm³/mol. The number of cyclic esters (lactones) is 1. The van der Waals surface area contributed by atoms with Crippen molar-refractivity contribution < 1.29 is 27.1 Å². The summed E-state index contributed by atoms with van der Waals surface area (Å²) in [5, 5.41) is 2.37. The lowest BCUT2D eigenvalue weighted by Gasteiger charge is -2.27. The van der Waals surface area contributed by atoms with E-state index in [0.717, 1.165) is 0 Å². The molecule has 0 aliphatic carbocycles. The first-order chi connectivity index (χ1) is 15.2. The van der Waals surface area contributed by atoms with E-state index < -0.39 is 33.9 Å². The van der Waals surface area contributed by atoms with Crippen molar-refractivity contribution in [2.45, 2.75) is 6.10 Å². The number of hydrogen-bond acceptors (Lipinski definition) is 7. The number of urea groups is 1. The molecule has 4 rings (SSSR count). The zero-order valence-corrected chi connectivity index (χ0v) is 17.8. The maximum atomic E-state index is 14.9. The van der Waals surface area contributed by atoms with Crippen LogP contribution in [0.4, 0.5) is 25.5 Å². The molecule has 2 aromatic rings. The number of nitrogens with two attached hydrogens (primary N) is 1. The van der Waals surface area contributed by atoms with E-state index in [2.05, 4.69) is 10.3 Å². The van der Waals surface area contributed by atoms with E-state index in [1.165, 1.54) is 17.2 Å². The van der Waals surface area contributed by atoms with Crippen LogP contribution in [0.25, 0.3) is 11.1 Å². The molecule has 10 nitrogen and oxygen atoms in total. The van der Waals surface area contributed by atoms with E-state index in [1.807, 2.05) is 4.90 Å². The number of hydrogen-bond donors (Lipinski definition) is 2. The van der Waals surface area contributed by atoms with Gasteiger partial charge in [0, 0.05) is 30.4 Å². The minimum atomic E-state index is -2.99. The molecule has 1 unspecified atom stereocenters. The lowest BCUT2D eigenvalue weighted by Crippen LogP contribution is -2.40. The highest BCUT2D eigenvalue weighted by Crippen LogP contribution is 2.29. The number of carbonyl (C=O) groups excluding carboxylic acids is 2. The number of pyridine rings is 1. The zero-order valence-electron chi connectivity index (χ0n) is 17.0. The number of nitrogens with one attached hydrogen (secondary N) is 1. The van der Waals surface area contributed by atoms with Gasteiger partial charge in [0.2, 0.25) is 0 Å². The molecule has 3 N–H and O–H groups in total. The van der Waals surface area contributed by atoms with E-state index in [1.54, 1.807) is 24.3 Å². The number of anilines is 2. The average molecular weight is 463 g/mol. The van der Waals surface area contributed by atoms with Crippen molar-refractivity contribution in [3.63, 3.8) is 0 Å². The number of benzene rings is 1. The van der Waals surface area contributed by atoms with Gasteiger partial charge >= 0.3 is 12.1 Å². The van der Waals surface area contributed by atoms with E-state index in [0.29, 0.717) is 35.7 Å². The van der Waals surface area contributed by atoms with Gasteiger partial charge in [-0.25, -0.2) is 27.4 Å². The third kappa shape index (κ3) is 4.74. The Morgan fingerprint density at radius 1 is 1.25 bits per heavy atom. The molecule has 2 aliphatic rings. The van der Waals surface area contributed by atoms with Crippen molar-refractivity contribution in [1.82, 2.24) is 10.3 Å². The first-order valence-electron chi connectivity index (χ1n) is 9.95. The maximum absolute atomic E-state index is 14.9. The highest BCUT2D eigenvalue weighted by molar-refractivity contribution is 7.91. The van der Waals surface area contributed by atoms with Crippen LogP contribution in [0.2, 0.25) is 0 Å². The summed E-state index contributed by atoms with van der Waals surface area (Å²) < 4.78 is 43.2. The minimum Gasteiger partial charge on any atom is -0.442 e. The Balaban J connectivity index is 1.45. The van der Waals surface area contributed by atoms with E-state index >= 15 is 0 Å². The number of rotatable bonds is 5. The van der Waals surface area contributed by atoms with Crippen LogP contribution >= 0.6 is 0 Å². The van der Waals surface area contributed by atoms with E-state index in [-0.39, 0.29) is 24.6 Å². The monoisotopic (exact) mass is 463 g/mol. The fraction of sp³-hybridized carbons (Fsp3) is 0.350. The highest BCUT2D eigenvalue weighted by Gasteiger charge is 2.32. The molecule has 1 aromatic heterocycles. The van der Waals surface area contributed by atoms with E-state index in [9.17, 15) is 22.4 Å². The van der Waals surface area contributed by atoms with Gasteiger partial charge in [0.05, 0.1) is 30.3 Å². The van der Waals surface area contributed by atoms with Gasteiger partial charge in [0.1, 0.15) is 17.7 Å². The Labute approximate surface area is 184 Å². The summed E-state index contributed by atoms with van der Waals surface area (Å²) in [6.07, 6.45) is 0.314. The quantitative estimate of drug-likeness (QED) is 0.678. The molecule has 170 valence electrons. The van der Waals surface area contributed by atoms with Crippen LogP contribution in [0.5, 0.6) is 0 Å². The Morgan fingerprint density at radius 2 is 2.00 bits per heavy atom. The molecular weight excluding hydrogens is 441 g/mol. The number of primary amides is 1. The molecule has 3 amide bonds. The van der Waals surface area contributed by atoms with Gasteiger partial charge in [-0.15, -0.1) is 0 Å². The van der Waals surface area contributed by atoms with Gasteiger partial charge in [-0.05, 0) is 30.3 Å². The van der Waals surface area contributed by atoms with Gasteiger partial charge < -0.3 is 20.7 Å². The lowest BCUT2D eigenvalue weighted by atomic mass is 10.1. The van der Waals surface area contributed by atoms with Crippen LogP contribution in [0.15, 0.2) is 36.5 Å². The molecule has 32 heavy (non-hydrogen) atoms. The van der Waals surface area contributed by atoms with Gasteiger partial charge in [-0.3, -0.25) is 4.90 Å². The van der Waals surface area contributed by atoms with Gasteiger partial charge in [0.25, 0.3) is 0 Å². The summed E-state index contributed by atoms with van der Waals surface area (Å²) in [5.41, 5.74) is 6.21. The summed E-state index contributed by atoms with van der Waals surface area (Å²) >= 11 is 0. The first kappa shape index (κ1) is 21.8. The number of ether oxygens (including phenoxy) is 1. The normalized spacial score (nSPS) is 20.2. The molecular formula is C20H22FN5O5S. The van der Waals surface area contributed by atoms with Crippen LogP contribution in [0, 0.1) is 5.82 Å². The molecule has 1 aromatic carbocycles. The van der Waals surface area contributed by atoms with Gasteiger partial charge in [-0.1, -0.05) is 0 Å². The number of nitrogens with zero attached hydrogens (tertiary/aromatic N) is 3. The van der Waals surface area contributed by atoms with Crippen molar-refractivity contribution in [1.29, 1.82) is 0 Å². The SMILES string of the molecule is NC(=O)NCC1CN(c2ccc(-c3ccc(N4CCS(=O)(=O)CC4)nc3)c(F)c2)C(=O)O1. The second-order valence-electron chi connectivity index (χ2n) is 7.57. The van der Waals surface area contributed by atoms with Crippen molar-refractivity contribution in [2.24, 2.45) is 5.73 Å². The largest absolute Gasteiger partial charge is 0.442 e. The number of sulfone groups is 1. The fourth-order valence-electron chi connectivity index (χ4n) is 3.63. The molecule has 2 aliphatic heterocycles. The predicted octanol–water partition coefficient (Wildman–Crippen LogP) is 1.12. The summed E-state index contributed by atoms with van der Waals surface area (Å²) in [7, 11) is -2.99. The third-order valence-corrected chi connectivity index (χ3v) is 6.98. The Bertz CT molecular complexity index is 1130. The fourth-order valence-corrected chi connectivity index (χ4v) is 4.83. The van der Waals surface area contributed by atoms with Crippen molar-refractivity contribution in [2.75, 3.05) is 47.5 Å². The molecule has 12 heteroatoms. The Morgan fingerprint density at radius 3 is 2.62 bits per heavy atom. The zero-order chi connectivity index (χ0) is 22.9. The Hall–Kier alpha value is -3.41. The summed E-state index contributed by atoms with van der Waals surface area (Å²) in [6.45, 7) is 0.970. The van der Waals surface area contributed by atoms with Crippen LogP contribution in [0.1, 0.15) is 0 Å². The van der Waals surface area contributed by atoms with Gasteiger partial charge in [-0.2, -0.15) is 0 Å². The summed E-state index contributed by atoms with van der Waals surface area (Å²) in [6, 6.07) is 7.13. The van der Waals surface area contributed by atoms with Crippen LogP contribution in [-0.4, -0.2) is 69.3 Å². The summed E-state index contributed by atoms with van der Waals surface area (Å²) in [4.78, 5) is 30.5. The molecule has 3 heterocycles. The number of amides is 3. The second kappa shape index (κ2) is 8.61. The molecule has 0 spiro atoms. The third-order valence-electron chi connectivity index (χ3n) is 5.37. The smallest absolute Gasteiger partial charge is 0.414 e. The topological polar surface area (TPSA) is 135 Å². The maximum Gasteiger partial charge on any atom is 0.414 e. The van der Waals surface area contributed by atoms with Crippen LogP contribution in [0.3, 0.4) is 0 Å². The summed E-state index contributed by atoms with van der Waals surface area (Å²) in [5.74, 6) is 0.277. The number of halogens is 1. The molecule has 2 fully saturated rings. The highest BCUT2D eigenvalue weighted by atomic mass is 32.2. The molecule has 2 saturated heterocycles. The Kier molecular flexibility index (Phi) is 5.87. The first-order valence-corrected chi connectivity index (χ1v) is 11.8. The molecule has 0 saturated carbocycles. The minimum absolute atomic E-state index is 0.0686. The number of carbonyl (C=O) groups is 2.